The molecule has 0 atom stereocenters. The highest BCUT2D eigenvalue weighted by molar-refractivity contribution is 6.02. The summed E-state index contributed by atoms with van der Waals surface area (Å²) in [6, 6.07) is 17.9. The van der Waals surface area contributed by atoms with Crippen LogP contribution in [0.15, 0.2) is 60.9 Å². The molecule has 28 heavy (non-hydrogen) atoms. The summed E-state index contributed by atoms with van der Waals surface area (Å²) in [7, 11) is 2.19. The number of hydrogen-bond acceptors (Lipinski definition) is 1. The number of rotatable bonds is 1. The highest BCUT2D eigenvalue weighted by atomic mass is 14.9. The van der Waals surface area contributed by atoms with Crippen molar-refractivity contribution >= 4 is 10.8 Å². The van der Waals surface area contributed by atoms with Gasteiger partial charge in [0.05, 0.1) is 10.9 Å². The first-order valence-electron chi connectivity index (χ1n) is 9.88. The lowest BCUT2D eigenvalue weighted by molar-refractivity contribution is -0.665. The molecule has 2 nitrogen and oxygen atoms in total. The Morgan fingerprint density at radius 2 is 1.71 bits per heavy atom. The molecule has 0 spiro atoms. The lowest BCUT2D eigenvalue weighted by Crippen LogP contribution is -2.38. The van der Waals surface area contributed by atoms with E-state index in [1.807, 2.05) is 18.5 Å². The second-order valence-electron chi connectivity index (χ2n) is 8.55. The monoisotopic (exact) mass is 365 g/mol. The van der Waals surface area contributed by atoms with Crippen LogP contribution in [0.4, 0.5) is 0 Å². The minimum Gasteiger partial charge on any atom is -0.264 e. The number of hydrogen-bond donors (Lipinski definition) is 0. The van der Waals surface area contributed by atoms with Gasteiger partial charge in [0.15, 0.2) is 5.69 Å². The van der Waals surface area contributed by atoms with Crippen LogP contribution in [0.1, 0.15) is 36.2 Å². The predicted octanol–water partition coefficient (Wildman–Crippen LogP) is 5.65. The average Bonchev–Trinajstić information content (AvgIpc) is 2.69. The van der Waals surface area contributed by atoms with Crippen LogP contribution in [-0.2, 0) is 12.5 Å². The molecular weight excluding hydrogens is 340 g/mol. The Labute approximate surface area is 166 Å². The molecule has 0 fully saturated rings. The van der Waals surface area contributed by atoms with E-state index < -0.39 is 0 Å². The molecule has 138 valence electrons. The fourth-order valence-corrected chi connectivity index (χ4v) is 4.84. The summed E-state index contributed by atoms with van der Waals surface area (Å²) in [5.41, 5.74) is 10.5. The van der Waals surface area contributed by atoms with E-state index in [9.17, 15) is 0 Å². The summed E-state index contributed by atoms with van der Waals surface area (Å²) in [4.78, 5) is 4.34. The third-order valence-corrected chi connectivity index (χ3v) is 6.49. The number of fused-ring (bicyclic) bond motifs is 2. The molecule has 1 aliphatic rings. The lowest BCUT2D eigenvalue weighted by Gasteiger charge is -2.34. The van der Waals surface area contributed by atoms with Gasteiger partial charge >= 0.3 is 0 Å². The molecule has 0 bridgehead atoms. The van der Waals surface area contributed by atoms with Gasteiger partial charge in [-0.25, -0.2) is 0 Å². The number of benzene rings is 2. The molecule has 4 aromatic rings. The van der Waals surface area contributed by atoms with Gasteiger partial charge < -0.3 is 0 Å². The molecule has 0 amide bonds. The zero-order valence-electron chi connectivity index (χ0n) is 17.2. The molecule has 1 aliphatic carbocycles. The third-order valence-electron chi connectivity index (χ3n) is 6.49. The Bertz CT molecular complexity index is 1250. The zero-order valence-corrected chi connectivity index (χ0v) is 17.2. The first-order valence-corrected chi connectivity index (χ1v) is 9.88. The maximum absolute atomic E-state index is 4.34. The van der Waals surface area contributed by atoms with Crippen molar-refractivity contribution in [1.82, 2.24) is 4.98 Å². The van der Waals surface area contributed by atoms with E-state index in [2.05, 4.69) is 86.8 Å². The van der Waals surface area contributed by atoms with Crippen LogP contribution in [0, 0.1) is 13.8 Å². The second kappa shape index (κ2) is 5.75. The van der Waals surface area contributed by atoms with Gasteiger partial charge in [0.1, 0.15) is 7.05 Å². The van der Waals surface area contributed by atoms with Crippen molar-refractivity contribution in [1.29, 1.82) is 0 Å². The van der Waals surface area contributed by atoms with Crippen LogP contribution in [0.3, 0.4) is 0 Å². The molecular formula is C26H25N2+. The predicted molar refractivity (Wildman–Crippen MR) is 115 cm³/mol. The van der Waals surface area contributed by atoms with Crippen molar-refractivity contribution in [3.05, 3.63) is 83.3 Å². The van der Waals surface area contributed by atoms with E-state index in [0.29, 0.717) is 0 Å². The van der Waals surface area contributed by atoms with Crippen molar-refractivity contribution in [3.8, 4) is 22.4 Å². The molecule has 2 heterocycles. The Morgan fingerprint density at radius 3 is 2.46 bits per heavy atom. The quantitative estimate of drug-likeness (QED) is 0.398. The average molecular weight is 366 g/mol. The van der Waals surface area contributed by atoms with Crippen molar-refractivity contribution in [2.24, 2.45) is 7.05 Å². The Hall–Kier alpha value is -3.00. The van der Waals surface area contributed by atoms with Gasteiger partial charge in [0.25, 0.3) is 0 Å². The minimum atomic E-state index is -0.0624. The molecule has 2 aromatic carbocycles. The largest absolute Gasteiger partial charge is 0.264 e. The number of aryl methyl sites for hydroxylation is 2. The van der Waals surface area contributed by atoms with Gasteiger partial charge in [0, 0.05) is 36.4 Å². The summed E-state index contributed by atoms with van der Waals surface area (Å²) in [6.45, 7) is 9.15. The van der Waals surface area contributed by atoms with E-state index in [0.717, 1.165) is 0 Å². The summed E-state index contributed by atoms with van der Waals surface area (Å²) in [6.07, 6.45) is 3.79. The Morgan fingerprint density at radius 1 is 0.893 bits per heavy atom. The molecule has 0 N–H and O–H groups in total. The molecule has 0 unspecified atom stereocenters. The fraction of sp³-hybridized carbons (Fsp3) is 0.231. The Kier molecular flexibility index (Phi) is 3.51. The minimum absolute atomic E-state index is 0.0624. The second-order valence-corrected chi connectivity index (χ2v) is 8.55. The van der Waals surface area contributed by atoms with Gasteiger partial charge in [0.2, 0.25) is 5.69 Å². The zero-order chi connectivity index (χ0) is 19.6. The van der Waals surface area contributed by atoms with Crippen LogP contribution in [0.5, 0.6) is 0 Å². The van der Waals surface area contributed by atoms with Crippen LogP contribution in [0.2, 0.25) is 0 Å². The number of pyridine rings is 2. The summed E-state index contributed by atoms with van der Waals surface area (Å²) in [5, 5.41) is 2.69. The molecule has 5 rings (SSSR count). The van der Waals surface area contributed by atoms with Crippen LogP contribution >= 0.6 is 0 Å². The maximum Gasteiger partial charge on any atom is 0.221 e. The van der Waals surface area contributed by atoms with E-state index in [1.165, 1.54) is 55.5 Å². The van der Waals surface area contributed by atoms with Gasteiger partial charge in [-0.2, -0.15) is 4.57 Å². The van der Waals surface area contributed by atoms with Gasteiger partial charge in [-0.3, -0.25) is 4.98 Å². The standard InChI is InChI=1S/C26H25N2/c1-16-8-6-10-21-23(16)25-24-20(12-17(2)28(25)5)13-19(14-22(24)26(21,3)4)18-9-7-11-27-15-18/h6-15H,1-5H3/q+1. The third kappa shape index (κ3) is 2.21. The first-order chi connectivity index (χ1) is 13.4. The fourth-order valence-electron chi connectivity index (χ4n) is 4.84. The normalized spacial score (nSPS) is 14.2. The highest BCUT2D eigenvalue weighted by Gasteiger charge is 2.39. The van der Waals surface area contributed by atoms with Crippen molar-refractivity contribution in [2.45, 2.75) is 33.1 Å². The summed E-state index contributed by atoms with van der Waals surface area (Å²) >= 11 is 0. The SMILES string of the molecule is Cc1cccc2c1-c1c3c(cc(-c4cccnc4)cc3cc(C)[n+]1C)C2(C)C. The van der Waals surface area contributed by atoms with Gasteiger partial charge in [-0.15, -0.1) is 0 Å². The molecule has 0 saturated heterocycles. The van der Waals surface area contributed by atoms with E-state index in [1.54, 1.807) is 0 Å². The topological polar surface area (TPSA) is 16.8 Å². The van der Waals surface area contributed by atoms with Crippen molar-refractivity contribution < 1.29 is 4.57 Å². The maximum atomic E-state index is 4.34. The van der Waals surface area contributed by atoms with Crippen molar-refractivity contribution in [3.63, 3.8) is 0 Å². The number of aromatic nitrogens is 2. The molecule has 0 saturated carbocycles. The summed E-state index contributed by atoms with van der Waals surface area (Å²) in [5.74, 6) is 0. The summed E-state index contributed by atoms with van der Waals surface area (Å²) < 4.78 is 2.36. The number of nitrogens with zero attached hydrogens (tertiary/aromatic N) is 2. The lowest BCUT2D eigenvalue weighted by atomic mass is 9.68. The van der Waals surface area contributed by atoms with Crippen molar-refractivity contribution in [2.75, 3.05) is 0 Å². The highest BCUT2D eigenvalue weighted by Crippen LogP contribution is 2.49. The molecule has 0 radical (unpaired) electrons. The Balaban J connectivity index is 1.99. The molecule has 2 heteroatoms. The van der Waals surface area contributed by atoms with E-state index >= 15 is 0 Å². The molecule has 2 aromatic heterocycles. The van der Waals surface area contributed by atoms with Crippen LogP contribution < -0.4 is 4.57 Å². The van der Waals surface area contributed by atoms with Crippen LogP contribution in [0.25, 0.3) is 33.2 Å². The van der Waals surface area contributed by atoms with Gasteiger partial charge in [-0.1, -0.05) is 38.1 Å². The van der Waals surface area contributed by atoms with Gasteiger partial charge in [-0.05, 0) is 52.8 Å². The smallest absolute Gasteiger partial charge is 0.221 e. The van der Waals surface area contributed by atoms with Crippen LogP contribution in [-0.4, -0.2) is 4.98 Å². The molecule has 0 aliphatic heterocycles. The van der Waals surface area contributed by atoms with E-state index in [4.69, 9.17) is 0 Å². The van der Waals surface area contributed by atoms with E-state index in [-0.39, 0.29) is 5.41 Å². The first kappa shape index (κ1) is 17.1.